The monoisotopic (exact) mass is 299 g/mol. The maximum Gasteiger partial charge on any atom is 0.387 e. The molecule has 1 fully saturated rings. The first-order chi connectivity index (χ1) is 10.0. The number of rotatable bonds is 6. The molecule has 0 saturated carbocycles. The van der Waals surface area contributed by atoms with Crippen LogP contribution in [0.4, 0.5) is 8.78 Å². The Morgan fingerprint density at radius 1 is 1.24 bits per heavy atom. The third-order valence-corrected chi connectivity index (χ3v) is 3.84. The lowest BCUT2D eigenvalue weighted by Crippen LogP contribution is -2.53. The Hall–Kier alpha value is -1.24. The van der Waals surface area contributed by atoms with E-state index in [-0.39, 0.29) is 5.75 Å². The number of ether oxygens (including phenoxy) is 1. The van der Waals surface area contributed by atoms with Crippen LogP contribution in [0.25, 0.3) is 0 Å². The molecular formula is C15H23F2N3O. The summed E-state index contributed by atoms with van der Waals surface area (Å²) in [6.45, 7) is 2.12. The lowest BCUT2D eigenvalue weighted by Gasteiger charge is -2.37. The molecular weight excluding hydrogens is 276 g/mol. The second kappa shape index (κ2) is 7.68. The van der Waals surface area contributed by atoms with Gasteiger partial charge in [-0.15, -0.1) is 0 Å². The van der Waals surface area contributed by atoms with Gasteiger partial charge in [-0.3, -0.25) is 4.90 Å². The molecule has 1 aromatic carbocycles. The third-order valence-electron chi connectivity index (χ3n) is 3.84. The summed E-state index contributed by atoms with van der Waals surface area (Å²) in [6.07, 6.45) is 0. The van der Waals surface area contributed by atoms with Gasteiger partial charge < -0.3 is 15.0 Å². The van der Waals surface area contributed by atoms with Crippen LogP contribution in [-0.2, 0) is 6.54 Å². The van der Waals surface area contributed by atoms with Crippen LogP contribution in [0.3, 0.4) is 0 Å². The Bertz CT molecular complexity index is 427. The molecule has 0 aromatic heterocycles. The van der Waals surface area contributed by atoms with Gasteiger partial charge in [-0.2, -0.15) is 8.78 Å². The Balaban J connectivity index is 1.75. The predicted octanol–water partition coefficient (Wildman–Crippen LogP) is 1.62. The van der Waals surface area contributed by atoms with E-state index in [1.54, 1.807) is 24.3 Å². The van der Waals surface area contributed by atoms with Crippen LogP contribution in [0.2, 0.25) is 0 Å². The fourth-order valence-corrected chi connectivity index (χ4v) is 2.49. The Morgan fingerprint density at radius 2 is 1.95 bits per heavy atom. The van der Waals surface area contributed by atoms with Gasteiger partial charge in [0.2, 0.25) is 0 Å². The van der Waals surface area contributed by atoms with Crippen LogP contribution in [-0.4, -0.2) is 62.7 Å². The average molecular weight is 299 g/mol. The van der Waals surface area contributed by atoms with E-state index in [0.29, 0.717) is 6.04 Å². The van der Waals surface area contributed by atoms with E-state index in [1.165, 1.54) is 0 Å². The lowest BCUT2D eigenvalue weighted by molar-refractivity contribution is -0.0498. The molecule has 1 heterocycles. The summed E-state index contributed by atoms with van der Waals surface area (Å²) in [6, 6.07) is 7.26. The van der Waals surface area contributed by atoms with Crippen LogP contribution in [0, 0.1) is 0 Å². The van der Waals surface area contributed by atoms with Crippen molar-refractivity contribution in [2.24, 2.45) is 0 Å². The molecule has 1 atom stereocenters. The quantitative estimate of drug-likeness (QED) is 0.864. The van der Waals surface area contributed by atoms with Gasteiger partial charge in [0.05, 0.1) is 0 Å². The number of hydrogen-bond acceptors (Lipinski definition) is 4. The van der Waals surface area contributed by atoms with Gasteiger partial charge in [0.25, 0.3) is 0 Å². The molecule has 1 aliphatic rings. The summed E-state index contributed by atoms with van der Waals surface area (Å²) in [5, 5.41) is 3.43. The van der Waals surface area contributed by atoms with E-state index in [9.17, 15) is 8.78 Å². The number of alkyl halides is 2. The second-order valence-corrected chi connectivity index (χ2v) is 5.55. The molecule has 118 valence electrons. The van der Waals surface area contributed by atoms with Crippen LogP contribution in [0.15, 0.2) is 24.3 Å². The van der Waals surface area contributed by atoms with Crippen LogP contribution in [0.1, 0.15) is 5.56 Å². The van der Waals surface area contributed by atoms with Crippen molar-refractivity contribution in [2.75, 3.05) is 40.3 Å². The van der Waals surface area contributed by atoms with Gasteiger partial charge in [0, 0.05) is 38.8 Å². The zero-order valence-electron chi connectivity index (χ0n) is 12.6. The minimum atomic E-state index is -2.77. The summed E-state index contributed by atoms with van der Waals surface area (Å²) in [5.74, 6) is 0.197. The second-order valence-electron chi connectivity index (χ2n) is 5.55. The molecule has 1 unspecified atom stereocenters. The largest absolute Gasteiger partial charge is 0.435 e. The van der Waals surface area contributed by atoms with Crippen LogP contribution >= 0.6 is 0 Å². The summed E-state index contributed by atoms with van der Waals surface area (Å²) < 4.78 is 28.4. The number of benzene rings is 1. The average Bonchev–Trinajstić information content (AvgIpc) is 2.44. The highest BCUT2D eigenvalue weighted by atomic mass is 19.3. The van der Waals surface area contributed by atoms with Crippen molar-refractivity contribution in [3.8, 4) is 5.75 Å². The van der Waals surface area contributed by atoms with E-state index in [0.717, 1.165) is 38.3 Å². The molecule has 0 spiro atoms. The number of nitrogens with one attached hydrogen (secondary N) is 1. The number of likely N-dealkylation sites (N-methyl/N-ethyl adjacent to an activating group) is 2. The molecule has 0 amide bonds. The van der Waals surface area contributed by atoms with Gasteiger partial charge in [0.1, 0.15) is 5.75 Å². The first-order valence-electron chi connectivity index (χ1n) is 7.18. The van der Waals surface area contributed by atoms with Crippen molar-refractivity contribution in [1.82, 2.24) is 15.1 Å². The lowest BCUT2D eigenvalue weighted by atomic mass is 10.1. The minimum Gasteiger partial charge on any atom is -0.435 e. The highest BCUT2D eigenvalue weighted by molar-refractivity contribution is 5.27. The fourth-order valence-electron chi connectivity index (χ4n) is 2.49. The molecule has 1 saturated heterocycles. The van der Waals surface area contributed by atoms with E-state index in [4.69, 9.17) is 0 Å². The maximum atomic E-state index is 12.1. The molecule has 21 heavy (non-hydrogen) atoms. The number of piperazine rings is 1. The number of nitrogens with zero attached hydrogens (tertiary/aromatic N) is 2. The SMILES string of the molecule is CN1CCN(C)C(CNCc2ccc(OC(F)F)cc2)C1. The summed E-state index contributed by atoms with van der Waals surface area (Å²) in [4.78, 5) is 4.70. The van der Waals surface area contributed by atoms with Gasteiger partial charge in [-0.05, 0) is 31.8 Å². The molecule has 0 radical (unpaired) electrons. The van der Waals surface area contributed by atoms with E-state index in [2.05, 4.69) is 33.9 Å². The molecule has 0 bridgehead atoms. The summed E-state index contributed by atoms with van der Waals surface area (Å²) >= 11 is 0. The van der Waals surface area contributed by atoms with Gasteiger partial charge >= 0.3 is 6.61 Å². The zero-order valence-corrected chi connectivity index (χ0v) is 12.6. The number of hydrogen-bond donors (Lipinski definition) is 1. The smallest absolute Gasteiger partial charge is 0.387 e. The predicted molar refractivity (Wildman–Crippen MR) is 78.7 cm³/mol. The highest BCUT2D eigenvalue weighted by Gasteiger charge is 2.21. The van der Waals surface area contributed by atoms with Gasteiger partial charge in [-0.1, -0.05) is 12.1 Å². The summed E-state index contributed by atoms with van der Waals surface area (Å²) in [7, 11) is 4.29. The molecule has 1 aliphatic heterocycles. The van der Waals surface area contributed by atoms with Gasteiger partial charge in [-0.25, -0.2) is 0 Å². The Kier molecular flexibility index (Phi) is 5.90. The van der Waals surface area contributed by atoms with Crippen molar-refractivity contribution >= 4 is 0 Å². The van der Waals surface area contributed by atoms with E-state index < -0.39 is 6.61 Å². The van der Waals surface area contributed by atoms with E-state index in [1.807, 2.05) is 0 Å². The van der Waals surface area contributed by atoms with Crippen molar-refractivity contribution in [2.45, 2.75) is 19.2 Å². The third kappa shape index (κ3) is 5.22. The van der Waals surface area contributed by atoms with Crippen molar-refractivity contribution in [3.05, 3.63) is 29.8 Å². The fraction of sp³-hybridized carbons (Fsp3) is 0.600. The molecule has 4 nitrogen and oxygen atoms in total. The number of halogens is 2. The van der Waals surface area contributed by atoms with Crippen molar-refractivity contribution < 1.29 is 13.5 Å². The minimum absolute atomic E-state index is 0.197. The van der Waals surface area contributed by atoms with Crippen LogP contribution in [0.5, 0.6) is 5.75 Å². The molecule has 0 aliphatic carbocycles. The maximum absolute atomic E-state index is 12.1. The van der Waals surface area contributed by atoms with Crippen molar-refractivity contribution in [3.63, 3.8) is 0 Å². The standard InChI is InChI=1S/C15H23F2N3O/c1-19-7-8-20(2)13(11-19)10-18-9-12-3-5-14(6-4-12)21-15(16)17/h3-6,13,15,18H,7-11H2,1-2H3. The zero-order chi connectivity index (χ0) is 15.2. The van der Waals surface area contributed by atoms with Gasteiger partial charge in [0.15, 0.2) is 0 Å². The summed E-state index contributed by atoms with van der Waals surface area (Å²) in [5.41, 5.74) is 1.06. The molecule has 6 heteroatoms. The Morgan fingerprint density at radius 3 is 2.62 bits per heavy atom. The van der Waals surface area contributed by atoms with Crippen molar-refractivity contribution in [1.29, 1.82) is 0 Å². The first kappa shape index (κ1) is 16.1. The van der Waals surface area contributed by atoms with Crippen LogP contribution < -0.4 is 10.1 Å². The van der Waals surface area contributed by atoms with E-state index >= 15 is 0 Å². The molecule has 2 rings (SSSR count). The Labute approximate surface area is 124 Å². The molecule has 1 aromatic rings. The normalized spacial score (nSPS) is 20.9. The topological polar surface area (TPSA) is 27.7 Å². The first-order valence-corrected chi connectivity index (χ1v) is 7.18. The highest BCUT2D eigenvalue weighted by Crippen LogP contribution is 2.14. The molecule has 1 N–H and O–H groups in total.